The highest BCUT2D eigenvalue weighted by Crippen LogP contribution is 2.46. The molecule has 0 fully saturated rings. The van der Waals surface area contributed by atoms with E-state index >= 15 is 0 Å². The number of pyridine rings is 1. The molecule has 0 N–H and O–H groups in total. The van der Waals surface area contributed by atoms with E-state index in [4.69, 9.17) is 4.98 Å². The Kier molecular flexibility index (Phi) is 2.65. The molecule has 0 amide bonds. The predicted octanol–water partition coefficient (Wildman–Crippen LogP) is 5.77. The molecule has 0 saturated carbocycles. The summed E-state index contributed by atoms with van der Waals surface area (Å²) in [7, 11) is 0. The van der Waals surface area contributed by atoms with E-state index in [0.29, 0.717) is 5.92 Å². The number of para-hydroxylation sites is 1. The van der Waals surface area contributed by atoms with Crippen molar-refractivity contribution in [2.24, 2.45) is 0 Å². The Balaban J connectivity index is 1.99. The Labute approximate surface area is 139 Å². The zero-order valence-corrected chi connectivity index (χ0v) is 13.9. The van der Waals surface area contributed by atoms with Crippen LogP contribution in [0.2, 0.25) is 0 Å². The standard InChI is InChI=1S/C20H16N2S/c1-12(2)13-8-9-17-16(11-13)22-19-14(5-3-7-18(19)23-17)15-6-4-10-21-20(15)22/h3-12H,1-2H3. The molecule has 23 heavy (non-hydrogen) atoms. The fourth-order valence-corrected chi connectivity index (χ4v) is 4.52. The molecule has 3 heterocycles. The van der Waals surface area contributed by atoms with Crippen LogP contribution in [0.4, 0.5) is 0 Å². The quantitative estimate of drug-likeness (QED) is 0.391. The molecule has 2 aromatic carbocycles. The molecule has 0 bridgehead atoms. The summed E-state index contributed by atoms with van der Waals surface area (Å²) in [5.74, 6) is 0.521. The van der Waals surface area contributed by atoms with E-state index in [1.54, 1.807) is 0 Å². The topological polar surface area (TPSA) is 17.8 Å². The summed E-state index contributed by atoms with van der Waals surface area (Å²) in [6, 6.07) is 17.6. The summed E-state index contributed by atoms with van der Waals surface area (Å²) < 4.78 is 2.34. The molecule has 5 rings (SSSR count). The van der Waals surface area contributed by atoms with Gasteiger partial charge in [0.1, 0.15) is 5.65 Å². The summed E-state index contributed by atoms with van der Waals surface area (Å²) in [4.78, 5) is 7.31. The van der Waals surface area contributed by atoms with Gasteiger partial charge in [-0.3, -0.25) is 4.57 Å². The molecule has 0 unspecified atom stereocenters. The summed E-state index contributed by atoms with van der Waals surface area (Å²) in [5, 5.41) is 2.52. The Morgan fingerprint density at radius 2 is 1.83 bits per heavy atom. The Morgan fingerprint density at radius 1 is 0.957 bits per heavy atom. The van der Waals surface area contributed by atoms with Crippen molar-refractivity contribution in [2.45, 2.75) is 29.6 Å². The first-order chi connectivity index (χ1) is 11.2. The van der Waals surface area contributed by atoms with Crippen molar-refractivity contribution in [3.63, 3.8) is 0 Å². The summed E-state index contributed by atoms with van der Waals surface area (Å²) in [6.45, 7) is 4.49. The minimum absolute atomic E-state index is 0.521. The van der Waals surface area contributed by atoms with Crippen molar-refractivity contribution < 1.29 is 0 Å². The Hall–Kier alpha value is -2.26. The van der Waals surface area contributed by atoms with Crippen LogP contribution in [0.15, 0.2) is 64.5 Å². The van der Waals surface area contributed by atoms with Gasteiger partial charge < -0.3 is 0 Å². The van der Waals surface area contributed by atoms with Crippen LogP contribution >= 0.6 is 11.8 Å². The average Bonchev–Trinajstić information content (AvgIpc) is 2.92. The molecular formula is C20H16N2S. The average molecular weight is 316 g/mol. The second-order valence-corrected chi connectivity index (χ2v) is 7.43. The minimum Gasteiger partial charge on any atom is -0.292 e. The van der Waals surface area contributed by atoms with Gasteiger partial charge in [0.25, 0.3) is 0 Å². The van der Waals surface area contributed by atoms with Gasteiger partial charge in [0.15, 0.2) is 0 Å². The Bertz CT molecular complexity index is 1080. The third-order valence-electron chi connectivity index (χ3n) is 4.62. The molecule has 4 aromatic rings. The van der Waals surface area contributed by atoms with Crippen LogP contribution in [0.3, 0.4) is 0 Å². The molecule has 1 aliphatic rings. The molecular weight excluding hydrogens is 300 g/mol. The molecule has 2 aromatic heterocycles. The van der Waals surface area contributed by atoms with Crippen LogP contribution in [-0.4, -0.2) is 9.55 Å². The lowest BCUT2D eigenvalue weighted by Gasteiger charge is -2.21. The summed E-state index contributed by atoms with van der Waals surface area (Å²) in [5.41, 5.74) is 4.98. The number of aromatic nitrogens is 2. The number of fused-ring (bicyclic) bond motifs is 5. The van der Waals surface area contributed by atoms with Gasteiger partial charge in [0.2, 0.25) is 0 Å². The van der Waals surface area contributed by atoms with Gasteiger partial charge in [0.05, 0.1) is 11.2 Å². The maximum absolute atomic E-state index is 4.69. The van der Waals surface area contributed by atoms with E-state index in [0.717, 1.165) is 5.65 Å². The van der Waals surface area contributed by atoms with E-state index in [1.807, 2.05) is 24.0 Å². The van der Waals surface area contributed by atoms with Crippen LogP contribution in [0, 0.1) is 0 Å². The predicted molar refractivity (Wildman–Crippen MR) is 96.8 cm³/mol. The molecule has 1 aliphatic heterocycles. The third kappa shape index (κ3) is 1.74. The first-order valence-corrected chi connectivity index (χ1v) is 8.76. The van der Waals surface area contributed by atoms with Gasteiger partial charge in [-0.25, -0.2) is 4.98 Å². The van der Waals surface area contributed by atoms with Crippen LogP contribution in [0.5, 0.6) is 0 Å². The van der Waals surface area contributed by atoms with E-state index in [-0.39, 0.29) is 0 Å². The summed E-state index contributed by atoms with van der Waals surface area (Å²) in [6.07, 6.45) is 1.89. The van der Waals surface area contributed by atoms with E-state index in [9.17, 15) is 0 Å². The van der Waals surface area contributed by atoms with E-state index in [2.05, 4.69) is 60.9 Å². The molecule has 0 radical (unpaired) electrons. The van der Waals surface area contributed by atoms with Crippen molar-refractivity contribution in [1.29, 1.82) is 0 Å². The van der Waals surface area contributed by atoms with Gasteiger partial charge in [-0.1, -0.05) is 43.8 Å². The largest absolute Gasteiger partial charge is 0.292 e. The lowest BCUT2D eigenvalue weighted by atomic mass is 10.0. The van der Waals surface area contributed by atoms with Crippen LogP contribution in [-0.2, 0) is 0 Å². The van der Waals surface area contributed by atoms with Gasteiger partial charge in [-0.15, -0.1) is 0 Å². The fraction of sp³-hybridized carbons (Fsp3) is 0.150. The molecule has 3 heteroatoms. The van der Waals surface area contributed by atoms with Crippen LogP contribution in [0.1, 0.15) is 25.3 Å². The molecule has 0 aliphatic carbocycles. The van der Waals surface area contributed by atoms with Gasteiger partial charge in [0, 0.05) is 26.8 Å². The van der Waals surface area contributed by atoms with Gasteiger partial charge in [-0.2, -0.15) is 0 Å². The van der Waals surface area contributed by atoms with Crippen LogP contribution in [0.25, 0.3) is 27.6 Å². The first kappa shape index (κ1) is 13.2. The highest BCUT2D eigenvalue weighted by atomic mass is 32.2. The van der Waals surface area contributed by atoms with Gasteiger partial charge in [-0.05, 0) is 41.8 Å². The molecule has 0 spiro atoms. The molecule has 2 nitrogen and oxygen atoms in total. The highest BCUT2D eigenvalue weighted by Gasteiger charge is 2.23. The van der Waals surface area contributed by atoms with E-state index < -0.39 is 0 Å². The smallest absolute Gasteiger partial charge is 0.145 e. The second kappa shape index (κ2) is 4.62. The number of benzene rings is 2. The lowest BCUT2D eigenvalue weighted by molar-refractivity contribution is 0.860. The van der Waals surface area contributed by atoms with Crippen molar-refractivity contribution >= 4 is 33.7 Å². The number of rotatable bonds is 1. The maximum Gasteiger partial charge on any atom is 0.145 e. The van der Waals surface area contributed by atoms with Crippen molar-refractivity contribution in [1.82, 2.24) is 9.55 Å². The number of hydrogen-bond donors (Lipinski definition) is 0. The van der Waals surface area contributed by atoms with E-state index in [1.165, 1.54) is 37.3 Å². The van der Waals surface area contributed by atoms with Crippen molar-refractivity contribution in [3.8, 4) is 5.69 Å². The maximum atomic E-state index is 4.69. The van der Waals surface area contributed by atoms with Gasteiger partial charge >= 0.3 is 0 Å². The number of nitrogens with zero attached hydrogens (tertiary/aromatic N) is 2. The lowest BCUT2D eigenvalue weighted by Crippen LogP contribution is -2.03. The first-order valence-electron chi connectivity index (χ1n) is 7.94. The zero-order chi connectivity index (χ0) is 15.6. The SMILES string of the molecule is CC(C)c1ccc2c(c1)-n1c3ncccc3c3cccc(c31)S2. The second-order valence-electron chi connectivity index (χ2n) is 6.35. The monoisotopic (exact) mass is 316 g/mol. The highest BCUT2D eigenvalue weighted by molar-refractivity contribution is 7.99. The molecule has 0 saturated heterocycles. The summed E-state index contributed by atoms with van der Waals surface area (Å²) >= 11 is 1.86. The Morgan fingerprint density at radius 3 is 2.70 bits per heavy atom. The molecule has 0 atom stereocenters. The van der Waals surface area contributed by atoms with Crippen molar-refractivity contribution in [3.05, 3.63) is 60.3 Å². The fourth-order valence-electron chi connectivity index (χ4n) is 3.45. The van der Waals surface area contributed by atoms with Crippen LogP contribution < -0.4 is 0 Å². The third-order valence-corrected chi connectivity index (χ3v) is 5.74. The minimum atomic E-state index is 0.521. The van der Waals surface area contributed by atoms with Crippen molar-refractivity contribution in [2.75, 3.05) is 0 Å². The normalized spacial score (nSPS) is 13.0. The number of hydrogen-bond acceptors (Lipinski definition) is 2. The molecule has 112 valence electrons. The zero-order valence-electron chi connectivity index (χ0n) is 13.1.